The lowest BCUT2D eigenvalue weighted by Gasteiger charge is -2.14. The van der Waals surface area contributed by atoms with Crippen LogP contribution in [0.3, 0.4) is 0 Å². The number of imide groups is 2. The van der Waals surface area contributed by atoms with E-state index in [1.807, 2.05) is 97.1 Å². The van der Waals surface area contributed by atoms with Gasteiger partial charge in [-0.05, 0) is 57.6 Å². The van der Waals surface area contributed by atoms with Gasteiger partial charge in [0.1, 0.15) is 12.1 Å². The zero-order valence-corrected chi connectivity index (χ0v) is 33.4. The Morgan fingerprint density at radius 3 is 1.39 bits per heavy atom. The number of carbonyl (C=O) groups is 6. The second kappa shape index (κ2) is 18.0. The van der Waals surface area contributed by atoms with Gasteiger partial charge in [0.15, 0.2) is 12.5 Å². The van der Waals surface area contributed by atoms with Crippen molar-refractivity contribution >= 4 is 57.6 Å². The zero-order valence-electron chi connectivity index (χ0n) is 33.4. The topological polar surface area (TPSA) is 235 Å². The molecule has 4 atom stereocenters. The summed E-state index contributed by atoms with van der Waals surface area (Å²) >= 11 is 0. The number of amides is 6. The molecular weight excluding hydrogens is 793 g/mol. The average Bonchev–Trinajstić information content (AvgIpc) is 3.99. The highest BCUT2D eigenvalue weighted by atomic mass is 16.6. The van der Waals surface area contributed by atoms with Gasteiger partial charge < -0.3 is 30.1 Å². The minimum absolute atomic E-state index is 0.0741. The van der Waals surface area contributed by atoms with Gasteiger partial charge in [-0.2, -0.15) is 0 Å². The first kappa shape index (κ1) is 41.2. The van der Waals surface area contributed by atoms with Gasteiger partial charge in [-0.1, -0.05) is 72.8 Å². The number of urea groups is 2. The molecule has 0 aliphatic carbocycles. The third kappa shape index (κ3) is 9.41. The summed E-state index contributed by atoms with van der Waals surface area (Å²) in [6, 6.07) is 27.8. The number of fused-ring (bicyclic) bond motifs is 2. The molecule has 62 heavy (non-hydrogen) atoms. The number of esters is 2. The van der Waals surface area contributed by atoms with Crippen LogP contribution in [0.25, 0.3) is 21.8 Å². The number of nitrogens with one attached hydrogen (secondary N) is 4. The van der Waals surface area contributed by atoms with E-state index in [2.05, 4.69) is 20.6 Å². The Morgan fingerprint density at radius 1 is 0.581 bits per heavy atom. The molecule has 16 heteroatoms. The molecule has 6 amide bonds. The van der Waals surface area contributed by atoms with Crippen LogP contribution in [0.2, 0.25) is 0 Å². The molecule has 4 heterocycles. The standard InChI is InChI=1S/C46H44N8O8/c47-39(21-31-23-49-35-13-11-29(17-33(31)35)25-53-43(57)37(51-45(53)59)19-27-7-3-1-4-8-27)61-41(55)15-16-42(56)62-40(48)22-32-24-50-36-14-12-30(18-34(32)36)26-54-44(58)38(52-46(54)60)20-28-9-5-2-6-10-28/h1-18,23-24,37-40,49-50H,19-22,25-26,47-48H2,(H,51,59)(H,52,60)/b16-15-. The fourth-order valence-corrected chi connectivity index (χ4v) is 7.81. The van der Waals surface area contributed by atoms with Crippen LogP contribution >= 0.6 is 0 Å². The third-order valence-electron chi connectivity index (χ3n) is 10.9. The van der Waals surface area contributed by atoms with E-state index in [0.717, 1.165) is 67.3 Å². The quantitative estimate of drug-likeness (QED) is 0.0355. The summed E-state index contributed by atoms with van der Waals surface area (Å²) in [6.45, 7) is 0.148. The number of nitrogens with zero attached hydrogens (tertiary/aromatic N) is 2. The van der Waals surface area contributed by atoms with E-state index in [1.54, 1.807) is 12.4 Å². The summed E-state index contributed by atoms with van der Waals surface area (Å²) in [5.74, 6) is -2.34. The lowest BCUT2D eigenvalue weighted by Crippen LogP contribution is -2.32. The first-order chi connectivity index (χ1) is 30.0. The Balaban J connectivity index is 0.812. The molecule has 2 saturated heterocycles. The number of H-pyrrole nitrogens is 2. The maximum Gasteiger partial charge on any atom is 0.332 e. The highest BCUT2D eigenvalue weighted by molar-refractivity contribution is 6.05. The van der Waals surface area contributed by atoms with Crippen LogP contribution in [0.5, 0.6) is 0 Å². The lowest BCUT2D eigenvalue weighted by atomic mass is 10.1. The molecular formula is C46H44N8O8. The van der Waals surface area contributed by atoms with E-state index in [0.29, 0.717) is 12.8 Å². The van der Waals surface area contributed by atoms with Gasteiger partial charge in [-0.25, -0.2) is 19.2 Å². The van der Waals surface area contributed by atoms with Crippen molar-refractivity contribution in [3.8, 4) is 0 Å². The molecule has 8 N–H and O–H groups in total. The van der Waals surface area contributed by atoms with Crippen LogP contribution in [0, 0.1) is 0 Å². The summed E-state index contributed by atoms with van der Waals surface area (Å²) in [5.41, 5.74) is 18.7. The smallest absolute Gasteiger partial charge is 0.332 e. The summed E-state index contributed by atoms with van der Waals surface area (Å²) in [4.78, 5) is 85.7. The van der Waals surface area contributed by atoms with Gasteiger partial charge in [0.2, 0.25) is 0 Å². The van der Waals surface area contributed by atoms with Gasteiger partial charge in [0.25, 0.3) is 11.8 Å². The molecule has 4 aromatic carbocycles. The molecule has 0 bridgehead atoms. The van der Waals surface area contributed by atoms with Crippen molar-refractivity contribution in [2.45, 2.75) is 63.3 Å². The zero-order chi connectivity index (χ0) is 43.3. The molecule has 316 valence electrons. The Hall–Kier alpha value is -7.56. The van der Waals surface area contributed by atoms with E-state index >= 15 is 0 Å². The summed E-state index contributed by atoms with van der Waals surface area (Å²) in [6.07, 6.45) is 4.19. The molecule has 2 fully saturated rings. The van der Waals surface area contributed by atoms with E-state index < -0.39 is 48.5 Å². The normalized spacial score (nSPS) is 17.5. The summed E-state index contributed by atoms with van der Waals surface area (Å²) in [5, 5.41) is 7.11. The van der Waals surface area contributed by atoms with Crippen molar-refractivity contribution < 1.29 is 38.2 Å². The number of nitrogens with two attached hydrogens (primary N) is 2. The van der Waals surface area contributed by atoms with Crippen LogP contribution < -0.4 is 22.1 Å². The third-order valence-corrected chi connectivity index (χ3v) is 10.9. The van der Waals surface area contributed by atoms with Crippen LogP contribution in [0.4, 0.5) is 9.59 Å². The average molecular weight is 837 g/mol. The number of carbonyl (C=O) groups excluding carboxylic acids is 6. The van der Waals surface area contributed by atoms with Gasteiger partial charge >= 0.3 is 24.0 Å². The molecule has 6 aromatic rings. The minimum Gasteiger partial charge on any atom is -0.443 e. The van der Waals surface area contributed by atoms with Crippen LogP contribution in [-0.4, -0.2) is 80.1 Å². The largest absolute Gasteiger partial charge is 0.443 e. The summed E-state index contributed by atoms with van der Waals surface area (Å²) in [7, 11) is 0. The maximum absolute atomic E-state index is 13.1. The van der Waals surface area contributed by atoms with Crippen molar-refractivity contribution in [2.75, 3.05) is 0 Å². The Morgan fingerprint density at radius 2 is 0.984 bits per heavy atom. The second-order valence-corrected chi connectivity index (χ2v) is 15.3. The van der Waals surface area contributed by atoms with Gasteiger partial charge in [0, 0.05) is 72.0 Å². The predicted octanol–water partition coefficient (Wildman–Crippen LogP) is 3.97. The van der Waals surface area contributed by atoms with Crippen molar-refractivity contribution in [2.24, 2.45) is 11.5 Å². The van der Waals surface area contributed by atoms with Crippen molar-refractivity contribution in [1.82, 2.24) is 30.4 Å². The molecule has 2 aliphatic rings. The number of rotatable bonds is 16. The highest BCUT2D eigenvalue weighted by Gasteiger charge is 2.39. The first-order valence-corrected chi connectivity index (χ1v) is 20.1. The van der Waals surface area contributed by atoms with Gasteiger partial charge in [-0.3, -0.25) is 30.9 Å². The van der Waals surface area contributed by atoms with Crippen molar-refractivity contribution in [3.05, 3.63) is 155 Å². The maximum atomic E-state index is 13.1. The highest BCUT2D eigenvalue weighted by Crippen LogP contribution is 2.25. The van der Waals surface area contributed by atoms with Crippen LogP contribution in [0.15, 0.2) is 122 Å². The number of benzene rings is 4. The van der Waals surface area contributed by atoms with Crippen molar-refractivity contribution in [3.63, 3.8) is 0 Å². The fourth-order valence-electron chi connectivity index (χ4n) is 7.81. The number of aromatic amines is 2. The van der Waals surface area contributed by atoms with E-state index in [9.17, 15) is 28.8 Å². The molecule has 0 spiro atoms. The second-order valence-electron chi connectivity index (χ2n) is 15.3. The van der Waals surface area contributed by atoms with Crippen molar-refractivity contribution in [1.29, 1.82) is 0 Å². The number of hydrogen-bond acceptors (Lipinski definition) is 10. The lowest BCUT2D eigenvalue weighted by molar-refractivity contribution is -0.145. The molecule has 0 saturated carbocycles. The Labute approximate surface area is 355 Å². The van der Waals surface area contributed by atoms with Crippen LogP contribution in [-0.2, 0) is 67.4 Å². The molecule has 2 aliphatic heterocycles. The fraction of sp³-hybridized carbons (Fsp3) is 0.217. The van der Waals surface area contributed by atoms with Gasteiger partial charge in [0.05, 0.1) is 13.1 Å². The molecule has 16 nitrogen and oxygen atoms in total. The van der Waals surface area contributed by atoms with E-state index in [4.69, 9.17) is 20.9 Å². The molecule has 8 rings (SSSR count). The number of ether oxygens (including phenoxy) is 2. The predicted molar refractivity (Wildman–Crippen MR) is 227 cm³/mol. The summed E-state index contributed by atoms with van der Waals surface area (Å²) < 4.78 is 10.7. The molecule has 2 aromatic heterocycles. The van der Waals surface area contributed by atoms with Crippen LogP contribution in [0.1, 0.15) is 33.4 Å². The Kier molecular flexibility index (Phi) is 11.9. The van der Waals surface area contributed by atoms with E-state index in [-0.39, 0.29) is 37.7 Å². The van der Waals surface area contributed by atoms with Gasteiger partial charge in [-0.15, -0.1) is 0 Å². The molecule has 0 radical (unpaired) electrons. The SMILES string of the molecule is NC(Cc1c[nH]c2ccc(CN3C(=O)NC(Cc4ccccc4)C3=O)cc12)OC(=O)/C=C\C(=O)OC(N)Cc1c[nH]c2ccc(CN3C(=O)NC(Cc4ccccc4)C3=O)cc12. The molecule has 4 unspecified atom stereocenters. The van der Waals surface area contributed by atoms with E-state index in [1.165, 1.54) is 9.80 Å². The first-order valence-electron chi connectivity index (χ1n) is 20.1. The number of hydrogen-bond donors (Lipinski definition) is 6. The Bertz CT molecular complexity index is 2510. The minimum atomic E-state index is -1.07. The monoisotopic (exact) mass is 836 g/mol. The number of aromatic nitrogens is 2.